The predicted molar refractivity (Wildman–Crippen MR) is 82.0 cm³/mol. The molecule has 2 saturated heterocycles. The number of thioether (sulfide) groups is 1. The van der Waals surface area contributed by atoms with Crippen molar-refractivity contribution in [2.24, 2.45) is 13.0 Å². The van der Waals surface area contributed by atoms with Crippen molar-refractivity contribution in [3.8, 4) is 0 Å². The lowest BCUT2D eigenvalue weighted by Crippen LogP contribution is -2.54. The molecule has 5 nitrogen and oxygen atoms in total. The third-order valence-corrected chi connectivity index (χ3v) is 5.55. The molecule has 0 bridgehead atoms. The van der Waals surface area contributed by atoms with E-state index in [1.807, 2.05) is 36.0 Å². The monoisotopic (exact) mass is 294 g/mol. The Labute approximate surface area is 124 Å². The summed E-state index contributed by atoms with van der Waals surface area (Å²) in [7, 11) is 1.88. The second-order valence-electron chi connectivity index (χ2n) is 5.82. The van der Waals surface area contributed by atoms with E-state index in [1.165, 1.54) is 5.75 Å². The zero-order chi connectivity index (χ0) is 14.1. The lowest BCUT2D eigenvalue weighted by Gasteiger charge is -2.33. The second kappa shape index (κ2) is 5.77. The summed E-state index contributed by atoms with van der Waals surface area (Å²) in [6.07, 6.45) is 3.86. The molecule has 3 unspecified atom stereocenters. The van der Waals surface area contributed by atoms with E-state index in [0.717, 1.165) is 31.0 Å². The number of aryl methyl sites for hydroxylation is 1. The third kappa shape index (κ3) is 2.72. The Morgan fingerprint density at radius 2 is 2.30 bits per heavy atom. The molecule has 0 aromatic carbocycles. The SMILES string of the molecule is CC1CSCC1NC1CCCN(c2ccn(C)n2)C1=O. The van der Waals surface area contributed by atoms with Gasteiger partial charge in [0.2, 0.25) is 5.91 Å². The van der Waals surface area contributed by atoms with Crippen LogP contribution in [0.2, 0.25) is 0 Å². The van der Waals surface area contributed by atoms with E-state index in [9.17, 15) is 4.79 Å². The quantitative estimate of drug-likeness (QED) is 0.912. The van der Waals surface area contributed by atoms with E-state index in [4.69, 9.17) is 0 Å². The van der Waals surface area contributed by atoms with E-state index < -0.39 is 0 Å². The summed E-state index contributed by atoms with van der Waals surface area (Å²) in [6.45, 7) is 3.05. The van der Waals surface area contributed by atoms with Crippen LogP contribution < -0.4 is 10.2 Å². The maximum Gasteiger partial charge on any atom is 0.245 e. The maximum absolute atomic E-state index is 12.6. The van der Waals surface area contributed by atoms with Crippen molar-refractivity contribution in [2.45, 2.75) is 31.8 Å². The van der Waals surface area contributed by atoms with E-state index in [0.29, 0.717) is 12.0 Å². The third-order valence-electron chi connectivity index (χ3n) is 4.20. The van der Waals surface area contributed by atoms with Gasteiger partial charge in [-0.3, -0.25) is 14.4 Å². The van der Waals surface area contributed by atoms with Crippen LogP contribution in [0.15, 0.2) is 12.3 Å². The van der Waals surface area contributed by atoms with Gasteiger partial charge >= 0.3 is 0 Å². The normalized spacial score (nSPS) is 31.0. The molecule has 1 amide bonds. The molecule has 0 aliphatic carbocycles. The Morgan fingerprint density at radius 3 is 2.95 bits per heavy atom. The van der Waals surface area contributed by atoms with Gasteiger partial charge in [0.1, 0.15) is 0 Å². The van der Waals surface area contributed by atoms with E-state index >= 15 is 0 Å². The second-order valence-corrected chi connectivity index (χ2v) is 6.90. The smallest absolute Gasteiger partial charge is 0.245 e. The molecule has 0 saturated carbocycles. The summed E-state index contributed by atoms with van der Waals surface area (Å²) in [4.78, 5) is 14.5. The molecular formula is C14H22N4OS. The van der Waals surface area contributed by atoms with Crippen LogP contribution in [0.25, 0.3) is 0 Å². The Hall–Kier alpha value is -1.01. The van der Waals surface area contributed by atoms with Crippen molar-refractivity contribution in [2.75, 3.05) is 23.0 Å². The minimum atomic E-state index is -0.0445. The van der Waals surface area contributed by atoms with Crippen LogP contribution in [0.5, 0.6) is 0 Å². The van der Waals surface area contributed by atoms with Crippen LogP contribution in [0.4, 0.5) is 5.82 Å². The molecule has 1 aromatic heterocycles. The number of nitrogens with one attached hydrogen (secondary N) is 1. The van der Waals surface area contributed by atoms with Gasteiger partial charge in [0.15, 0.2) is 5.82 Å². The molecule has 3 rings (SSSR count). The van der Waals surface area contributed by atoms with E-state index in [1.54, 1.807) is 4.68 Å². The van der Waals surface area contributed by atoms with Crippen LogP contribution in [0.1, 0.15) is 19.8 Å². The highest BCUT2D eigenvalue weighted by atomic mass is 32.2. The van der Waals surface area contributed by atoms with Crippen molar-refractivity contribution in [3.05, 3.63) is 12.3 Å². The number of hydrogen-bond acceptors (Lipinski definition) is 4. The van der Waals surface area contributed by atoms with E-state index in [-0.39, 0.29) is 11.9 Å². The van der Waals surface area contributed by atoms with Gasteiger partial charge in [-0.15, -0.1) is 0 Å². The van der Waals surface area contributed by atoms with Crippen LogP contribution in [-0.2, 0) is 11.8 Å². The summed E-state index contributed by atoms with van der Waals surface area (Å²) in [6, 6.07) is 2.34. The zero-order valence-corrected chi connectivity index (χ0v) is 12.9. The minimum absolute atomic E-state index is 0.0445. The summed E-state index contributed by atoms with van der Waals surface area (Å²) >= 11 is 1.98. The molecular weight excluding hydrogens is 272 g/mol. The molecule has 1 N–H and O–H groups in total. The van der Waals surface area contributed by atoms with Crippen LogP contribution in [-0.4, -0.2) is 45.8 Å². The molecule has 2 aliphatic heterocycles. The number of piperidine rings is 1. The van der Waals surface area contributed by atoms with Gasteiger partial charge in [0.25, 0.3) is 0 Å². The molecule has 3 atom stereocenters. The van der Waals surface area contributed by atoms with Gasteiger partial charge in [0, 0.05) is 37.7 Å². The average Bonchev–Trinajstić information content (AvgIpc) is 3.02. The Balaban J connectivity index is 1.68. The van der Waals surface area contributed by atoms with Crippen molar-refractivity contribution in [3.63, 3.8) is 0 Å². The van der Waals surface area contributed by atoms with Gasteiger partial charge in [-0.1, -0.05) is 6.92 Å². The highest BCUT2D eigenvalue weighted by Gasteiger charge is 2.34. The standard InChI is InChI=1S/C14H22N4OS/c1-10-8-20-9-12(10)15-11-4-3-6-18(14(11)19)13-5-7-17(2)16-13/h5,7,10-12,15H,3-4,6,8-9H2,1-2H3. The summed E-state index contributed by atoms with van der Waals surface area (Å²) in [5.41, 5.74) is 0. The fourth-order valence-corrected chi connectivity index (χ4v) is 4.36. The number of carbonyl (C=O) groups excluding carboxylic acids is 1. The molecule has 2 aliphatic rings. The zero-order valence-electron chi connectivity index (χ0n) is 12.1. The number of aromatic nitrogens is 2. The summed E-state index contributed by atoms with van der Waals surface area (Å²) in [5.74, 6) is 3.92. The summed E-state index contributed by atoms with van der Waals surface area (Å²) in [5, 5.41) is 7.93. The molecule has 1 aromatic rings. The predicted octanol–water partition coefficient (Wildman–Crippen LogP) is 1.26. The molecule has 0 spiro atoms. The van der Waals surface area contributed by atoms with Crippen LogP contribution >= 0.6 is 11.8 Å². The molecule has 6 heteroatoms. The largest absolute Gasteiger partial charge is 0.302 e. The first-order chi connectivity index (χ1) is 9.65. The highest BCUT2D eigenvalue weighted by molar-refractivity contribution is 7.99. The Kier molecular flexibility index (Phi) is 4.03. The molecule has 3 heterocycles. The fraction of sp³-hybridized carbons (Fsp3) is 0.714. The Bertz CT molecular complexity index is 489. The van der Waals surface area contributed by atoms with Crippen molar-refractivity contribution < 1.29 is 4.79 Å². The Morgan fingerprint density at radius 1 is 1.45 bits per heavy atom. The van der Waals surface area contributed by atoms with Crippen molar-refractivity contribution in [1.29, 1.82) is 0 Å². The number of anilines is 1. The number of hydrogen-bond donors (Lipinski definition) is 1. The maximum atomic E-state index is 12.6. The minimum Gasteiger partial charge on any atom is -0.302 e. The first kappa shape index (κ1) is 13.9. The number of amides is 1. The van der Waals surface area contributed by atoms with Gasteiger partial charge in [0.05, 0.1) is 6.04 Å². The number of nitrogens with zero attached hydrogens (tertiary/aromatic N) is 3. The van der Waals surface area contributed by atoms with Crippen molar-refractivity contribution >= 4 is 23.5 Å². The lowest BCUT2D eigenvalue weighted by molar-refractivity contribution is -0.122. The van der Waals surface area contributed by atoms with Crippen LogP contribution in [0, 0.1) is 5.92 Å². The topological polar surface area (TPSA) is 50.2 Å². The average molecular weight is 294 g/mol. The molecule has 110 valence electrons. The number of carbonyl (C=O) groups is 1. The first-order valence-electron chi connectivity index (χ1n) is 7.30. The van der Waals surface area contributed by atoms with E-state index in [2.05, 4.69) is 17.3 Å². The molecule has 0 radical (unpaired) electrons. The van der Waals surface area contributed by atoms with Gasteiger partial charge in [-0.25, -0.2) is 0 Å². The van der Waals surface area contributed by atoms with Gasteiger partial charge < -0.3 is 5.32 Å². The fourth-order valence-electron chi connectivity index (χ4n) is 2.94. The first-order valence-corrected chi connectivity index (χ1v) is 8.45. The van der Waals surface area contributed by atoms with Crippen LogP contribution in [0.3, 0.4) is 0 Å². The molecule has 20 heavy (non-hydrogen) atoms. The number of rotatable bonds is 3. The lowest BCUT2D eigenvalue weighted by atomic mass is 10.0. The van der Waals surface area contributed by atoms with Crippen molar-refractivity contribution in [1.82, 2.24) is 15.1 Å². The van der Waals surface area contributed by atoms with Gasteiger partial charge in [-0.05, 0) is 24.5 Å². The van der Waals surface area contributed by atoms with Gasteiger partial charge in [-0.2, -0.15) is 16.9 Å². The summed E-state index contributed by atoms with van der Waals surface area (Å²) < 4.78 is 1.75. The molecule has 2 fully saturated rings. The highest BCUT2D eigenvalue weighted by Crippen LogP contribution is 2.26.